The molecule has 0 radical (unpaired) electrons. The Labute approximate surface area is 111 Å². The minimum absolute atomic E-state index is 0.309. The van der Waals surface area contributed by atoms with Crippen LogP contribution in [-0.2, 0) is 23.1 Å². The standard InChI is InChI=1S/C12H15O6P/c1-15-9-11(19(14,16-2)17-3)18-12(13)10-7-5-4-6-8-10/h4-9H,1-3H3/b11-9-. The Morgan fingerprint density at radius 2 is 1.68 bits per heavy atom. The first-order chi connectivity index (χ1) is 9.07. The lowest BCUT2D eigenvalue weighted by molar-refractivity contribution is 0.0620. The van der Waals surface area contributed by atoms with Crippen molar-refractivity contribution in [2.75, 3.05) is 21.3 Å². The van der Waals surface area contributed by atoms with Crippen LogP contribution in [0.5, 0.6) is 0 Å². The van der Waals surface area contributed by atoms with Gasteiger partial charge in [-0.2, -0.15) is 0 Å². The van der Waals surface area contributed by atoms with Crippen molar-refractivity contribution in [3.63, 3.8) is 0 Å². The summed E-state index contributed by atoms with van der Waals surface area (Å²) in [5, 5.41) is 0. The molecule has 0 saturated carbocycles. The van der Waals surface area contributed by atoms with Crippen molar-refractivity contribution in [1.82, 2.24) is 0 Å². The van der Waals surface area contributed by atoms with Crippen LogP contribution in [0, 0.1) is 0 Å². The molecule has 1 aromatic carbocycles. The van der Waals surface area contributed by atoms with Crippen molar-refractivity contribution < 1.29 is 27.9 Å². The Bertz CT molecular complexity index is 488. The van der Waals surface area contributed by atoms with Gasteiger partial charge < -0.3 is 18.5 Å². The topological polar surface area (TPSA) is 71.1 Å². The first kappa shape index (κ1) is 15.4. The van der Waals surface area contributed by atoms with Gasteiger partial charge in [0.15, 0.2) is 0 Å². The fraction of sp³-hybridized carbons (Fsp3) is 0.250. The van der Waals surface area contributed by atoms with E-state index in [1.165, 1.54) is 21.3 Å². The zero-order chi connectivity index (χ0) is 14.3. The second-order valence-electron chi connectivity index (χ2n) is 3.31. The van der Waals surface area contributed by atoms with Gasteiger partial charge in [-0.1, -0.05) is 18.2 Å². The van der Waals surface area contributed by atoms with Gasteiger partial charge in [-0.25, -0.2) is 4.79 Å². The van der Waals surface area contributed by atoms with Crippen LogP contribution >= 0.6 is 7.60 Å². The van der Waals surface area contributed by atoms with Crippen LogP contribution in [0.3, 0.4) is 0 Å². The number of rotatable bonds is 6. The fourth-order valence-electron chi connectivity index (χ4n) is 1.23. The van der Waals surface area contributed by atoms with E-state index in [1.54, 1.807) is 30.3 Å². The highest BCUT2D eigenvalue weighted by molar-refractivity contribution is 7.58. The Hall–Kier alpha value is -1.62. The average molecular weight is 286 g/mol. The summed E-state index contributed by atoms with van der Waals surface area (Å²) in [5.41, 5.74) is -0.00267. The van der Waals surface area contributed by atoms with Crippen molar-refractivity contribution in [3.05, 3.63) is 47.7 Å². The van der Waals surface area contributed by atoms with Crippen molar-refractivity contribution in [3.8, 4) is 0 Å². The quantitative estimate of drug-likeness (QED) is 0.455. The molecule has 0 spiro atoms. The molecule has 1 rings (SSSR count). The van der Waals surface area contributed by atoms with Gasteiger partial charge in [-0.05, 0) is 12.1 Å². The third kappa shape index (κ3) is 3.92. The largest absolute Gasteiger partial charge is 0.500 e. The monoisotopic (exact) mass is 286 g/mol. The van der Waals surface area contributed by atoms with Crippen LogP contribution in [0.4, 0.5) is 0 Å². The van der Waals surface area contributed by atoms with E-state index >= 15 is 0 Å². The summed E-state index contributed by atoms with van der Waals surface area (Å²) in [6.45, 7) is 0. The Morgan fingerprint density at radius 3 is 2.16 bits per heavy atom. The van der Waals surface area contributed by atoms with Crippen LogP contribution in [-0.4, -0.2) is 27.3 Å². The summed E-state index contributed by atoms with van der Waals surface area (Å²) >= 11 is 0. The third-order valence-corrected chi connectivity index (χ3v) is 3.87. The summed E-state index contributed by atoms with van der Waals surface area (Å²) in [5.74, 6) is -0.682. The molecule has 0 heterocycles. The molecule has 104 valence electrons. The molecule has 0 aliphatic carbocycles. The van der Waals surface area contributed by atoms with Crippen LogP contribution in [0.2, 0.25) is 0 Å². The highest BCUT2D eigenvalue weighted by Gasteiger charge is 2.32. The molecule has 19 heavy (non-hydrogen) atoms. The zero-order valence-electron chi connectivity index (χ0n) is 10.9. The molecular weight excluding hydrogens is 271 g/mol. The van der Waals surface area contributed by atoms with Crippen molar-refractivity contribution in [2.45, 2.75) is 0 Å². The number of benzene rings is 1. The molecule has 0 aliphatic heterocycles. The molecule has 0 fully saturated rings. The number of carbonyl (C=O) groups is 1. The van der Waals surface area contributed by atoms with E-state index < -0.39 is 13.6 Å². The normalized spacial score (nSPS) is 12.1. The van der Waals surface area contributed by atoms with Crippen LogP contribution in [0.15, 0.2) is 42.1 Å². The lowest BCUT2D eigenvalue weighted by Gasteiger charge is -2.16. The molecule has 0 saturated heterocycles. The molecule has 0 N–H and O–H groups in total. The Balaban J connectivity index is 2.96. The number of carbonyl (C=O) groups excluding carboxylic acids is 1. The van der Waals surface area contributed by atoms with Crippen molar-refractivity contribution in [2.24, 2.45) is 0 Å². The van der Waals surface area contributed by atoms with E-state index in [4.69, 9.17) is 18.5 Å². The summed E-state index contributed by atoms with van der Waals surface area (Å²) in [6.07, 6.45) is 1.01. The van der Waals surface area contributed by atoms with Crippen molar-refractivity contribution >= 4 is 13.6 Å². The van der Waals surface area contributed by atoms with E-state index in [-0.39, 0.29) is 5.50 Å². The third-order valence-electron chi connectivity index (χ3n) is 2.18. The van der Waals surface area contributed by atoms with Gasteiger partial charge >= 0.3 is 13.6 Å². The minimum Gasteiger partial charge on any atom is -0.500 e. The smallest absolute Gasteiger partial charge is 0.399 e. The van der Waals surface area contributed by atoms with Gasteiger partial charge in [-0.15, -0.1) is 0 Å². The highest BCUT2D eigenvalue weighted by Crippen LogP contribution is 2.55. The maximum atomic E-state index is 12.1. The maximum Gasteiger partial charge on any atom is 0.399 e. The first-order valence-corrected chi connectivity index (χ1v) is 6.84. The van der Waals surface area contributed by atoms with Gasteiger partial charge in [-0.3, -0.25) is 4.57 Å². The van der Waals surface area contributed by atoms with E-state index in [9.17, 15) is 9.36 Å². The zero-order valence-corrected chi connectivity index (χ0v) is 11.8. The summed E-state index contributed by atoms with van der Waals surface area (Å²) < 4.78 is 31.4. The average Bonchev–Trinajstić information content (AvgIpc) is 2.46. The molecule has 0 atom stereocenters. The number of esters is 1. The summed E-state index contributed by atoms with van der Waals surface area (Å²) in [6, 6.07) is 8.26. The Morgan fingerprint density at radius 1 is 1.11 bits per heavy atom. The fourth-order valence-corrected chi connectivity index (χ4v) is 2.17. The van der Waals surface area contributed by atoms with Gasteiger partial charge in [0, 0.05) is 14.2 Å². The second-order valence-corrected chi connectivity index (χ2v) is 5.48. The van der Waals surface area contributed by atoms with Crippen molar-refractivity contribution in [1.29, 1.82) is 0 Å². The predicted molar refractivity (Wildman–Crippen MR) is 68.6 cm³/mol. The van der Waals surface area contributed by atoms with E-state index in [0.29, 0.717) is 5.56 Å². The second kappa shape index (κ2) is 7.09. The molecule has 0 aromatic heterocycles. The van der Waals surface area contributed by atoms with Crippen LogP contribution in [0.1, 0.15) is 10.4 Å². The lowest BCUT2D eigenvalue weighted by atomic mass is 10.2. The summed E-state index contributed by atoms with van der Waals surface area (Å²) in [4.78, 5) is 11.9. The molecule has 0 aliphatic rings. The molecule has 0 bridgehead atoms. The summed E-state index contributed by atoms with van der Waals surface area (Å²) in [7, 11) is 0.00564. The molecular formula is C12H15O6P. The number of hydrogen-bond acceptors (Lipinski definition) is 6. The Kier molecular flexibility index (Phi) is 5.76. The van der Waals surface area contributed by atoms with Crippen LogP contribution < -0.4 is 0 Å². The SMILES string of the molecule is CO/C=C(/OC(=O)c1ccccc1)P(=O)(OC)OC. The van der Waals surface area contributed by atoms with E-state index in [1.807, 2.05) is 0 Å². The molecule has 0 unspecified atom stereocenters. The van der Waals surface area contributed by atoms with Gasteiger partial charge in [0.05, 0.1) is 12.7 Å². The van der Waals surface area contributed by atoms with Crippen LogP contribution in [0.25, 0.3) is 0 Å². The minimum atomic E-state index is -3.69. The number of ether oxygens (including phenoxy) is 2. The predicted octanol–water partition coefficient (Wildman–Crippen LogP) is 2.77. The van der Waals surface area contributed by atoms with Gasteiger partial charge in [0.1, 0.15) is 6.26 Å². The number of methoxy groups -OCH3 is 1. The maximum absolute atomic E-state index is 12.1. The van der Waals surface area contributed by atoms with E-state index in [0.717, 1.165) is 6.26 Å². The number of hydrogen-bond donors (Lipinski definition) is 0. The molecule has 0 amide bonds. The first-order valence-electron chi connectivity index (χ1n) is 5.29. The molecule has 6 nitrogen and oxygen atoms in total. The molecule has 1 aromatic rings. The van der Waals surface area contributed by atoms with Gasteiger partial charge in [0.2, 0.25) is 0 Å². The molecule has 7 heteroatoms. The lowest BCUT2D eigenvalue weighted by Crippen LogP contribution is -2.07. The van der Waals surface area contributed by atoms with Gasteiger partial charge in [0.25, 0.3) is 5.50 Å². The highest BCUT2D eigenvalue weighted by atomic mass is 31.2. The van der Waals surface area contributed by atoms with E-state index in [2.05, 4.69) is 0 Å².